The molecule has 30 heavy (non-hydrogen) atoms. The van der Waals surface area contributed by atoms with Gasteiger partial charge in [-0.15, -0.1) is 0 Å². The first-order valence-corrected chi connectivity index (χ1v) is 11.5. The molecule has 4 aromatic carbocycles. The molecule has 0 saturated carbocycles. The van der Waals surface area contributed by atoms with Crippen molar-refractivity contribution >= 4 is 29.1 Å². The molecule has 0 bridgehead atoms. The lowest BCUT2D eigenvalue weighted by atomic mass is 10.0. The van der Waals surface area contributed by atoms with Crippen molar-refractivity contribution in [3.63, 3.8) is 0 Å². The van der Waals surface area contributed by atoms with Gasteiger partial charge in [0.05, 0.1) is 12.4 Å². The van der Waals surface area contributed by atoms with Crippen molar-refractivity contribution < 1.29 is 13.8 Å². The van der Waals surface area contributed by atoms with Crippen LogP contribution in [0.3, 0.4) is 0 Å². The van der Waals surface area contributed by atoms with Crippen LogP contribution in [-0.4, -0.2) is 7.11 Å². The Kier molecular flexibility index (Phi) is 4.34. The first kappa shape index (κ1) is 18.8. The van der Waals surface area contributed by atoms with Crippen LogP contribution in [-0.2, 0) is 9.85 Å². The topological polar surface area (TPSA) is 47.6 Å². The van der Waals surface area contributed by atoms with Crippen molar-refractivity contribution in [3.05, 3.63) is 96.6 Å². The van der Waals surface area contributed by atoms with E-state index in [9.17, 15) is 4.57 Å². The van der Waals surface area contributed by atoms with Gasteiger partial charge in [0.25, 0.3) is 0 Å². The van der Waals surface area contributed by atoms with Crippen LogP contribution in [0.1, 0.15) is 12.5 Å². The maximum atomic E-state index is 14.6. The van der Waals surface area contributed by atoms with Gasteiger partial charge in [0.15, 0.2) is 5.28 Å². The van der Waals surface area contributed by atoms with Crippen LogP contribution in [0.25, 0.3) is 10.8 Å². The zero-order valence-electron chi connectivity index (χ0n) is 16.8. The number of fused-ring (bicyclic) bond motifs is 3. The van der Waals surface area contributed by atoms with Gasteiger partial charge in [0, 0.05) is 16.6 Å². The summed E-state index contributed by atoms with van der Waals surface area (Å²) in [4.78, 5) is 0. The second-order valence-corrected chi connectivity index (χ2v) is 10.3. The highest BCUT2D eigenvalue weighted by Crippen LogP contribution is 2.70. The number of nitrogens with one attached hydrogen (secondary N) is 1. The SMILES string of the molecule is COc1ccc(N[C@]2(C)c3ccc4ccccc4c3OP2(=O)c2ccccc2)cc1. The molecule has 0 spiro atoms. The monoisotopic (exact) mass is 415 g/mol. The Morgan fingerprint density at radius 1 is 0.867 bits per heavy atom. The molecule has 2 atom stereocenters. The van der Waals surface area contributed by atoms with Crippen molar-refractivity contribution in [1.82, 2.24) is 0 Å². The summed E-state index contributed by atoms with van der Waals surface area (Å²) in [6.45, 7) is 1.96. The van der Waals surface area contributed by atoms with Crippen LogP contribution in [0, 0.1) is 0 Å². The quantitative estimate of drug-likeness (QED) is 0.408. The van der Waals surface area contributed by atoms with Crippen molar-refractivity contribution in [2.45, 2.75) is 12.2 Å². The highest BCUT2D eigenvalue weighted by Gasteiger charge is 2.56. The third-order valence-corrected chi connectivity index (χ3v) is 8.73. The highest BCUT2D eigenvalue weighted by atomic mass is 31.2. The number of hydrogen-bond donors (Lipinski definition) is 1. The predicted octanol–water partition coefficient (Wildman–Crippen LogP) is 6.13. The van der Waals surface area contributed by atoms with E-state index in [-0.39, 0.29) is 0 Å². The van der Waals surface area contributed by atoms with Crippen LogP contribution in [0.4, 0.5) is 5.69 Å². The number of methoxy groups -OCH3 is 1. The van der Waals surface area contributed by atoms with E-state index in [4.69, 9.17) is 9.26 Å². The lowest BCUT2D eigenvalue weighted by Gasteiger charge is -2.32. The minimum absolute atomic E-state index is 0.684. The molecule has 0 aliphatic carbocycles. The molecule has 5 heteroatoms. The van der Waals surface area contributed by atoms with Crippen molar-refractivity contribution in [3.8, 4) is 11.5 Å². The number of hydrogen-bond acceptors (Lipinski definition) is 4. The van der Waals surface area contributed by atoms with Gasteiger partial charge in [0.2, 0.25) is 0 Å². The summed E-state index contributed by atoms with van der Waals surface area (Å²) in [7, 11) is -1.72. The first-order valence-electron chi connectivity index (χ1n) is 9.85. The average Bonchev–Trinajstić information content (AvgIpc) is 3.03. The van der Waals surface area contributed by atoms with Gasteiger partial charge >= 0.3 is 7.37 Å². The Morgan fingerprint density at radius 2 is 1.57 bits per heavy atom. The molecule has 1 unspecified atom stereocenters. The zero-order valence-corrected chi connectivity index (χ0v) is 17.7. The Balaban J connectivity index is 1.72. The molecular formula is C25H22NO3P. The maximum Gasteiger partial charge on any atom is 0.306 e. The molecule has 0 fully saturated rings. The Labute approximate surface area is 175 Å². The third kappa shape index (κ3) is 2.72. The summed E-state index contributed by atoms with van der Waals surface area (Å²) in [6, 6.07) is 29.2. The van der Waals surface area contributed by atoms with Gasteiger partial charge in [-0.2, -0.15) is 0 Å². The Bertz CT molecular complexity index is 1270. The van der Waals surface area contributed by atoms with Gasteiger partial charge in [-0.25, -0.2) is 0 Å². The van der Waals surface area contributed by atoms with Gasteiger partial charge in [0.1, 0.15) is 11.5 Å². The Hall–Kier alpha value is -3.23. The summed E-state index contributed by atoms with van der Waals surface area (Å²) in [5.41, 5.74) is 1.74. The van der Waals surface area contributed by atoms with Crippen molar-refractivity contribution in [2.24, 2.45) is 0 Å². The molecule has 0 saturated heterocycles. The summed E-state index contributed by atoms with van der Waals surface area (Å²) >= 11 is 0. The smallest absolute Gasteiger partial charge is 0.306 e. The fraction of sp³-hybridized carbons (Fsp3) is 0.120. The van der Waals surface area contributed by atoms with Crippen LogP contribution >= 0.6 is 7.37 Å². The summed E-state index contributed by atoms with van der Waals surface area (Å²) in [5.74, 6) is 1.45. The second-order valence-electron chi connectivity index (χ2n) is 7.57. The predicted molar refractivity (Wildman–Crippen MR) is 122 cm³/mol. The third-order valence-electron chi connectivity index (χ3n) is 5.79. The van der Waals surface area contributed by atoms with Crippen LogP contribution < -0.4 is 19.9 Å². The molecule has 1 N–H and O–H groups in total. The first-order chi connectivity index (χ1) is 14.5. The lowest BCUT2D eigenvalue weighted by molar-refractivity contribution is 0.415. The van der Waals surface area contributed by atoms with Crippen LogP contribution in [0.15, 0.2) is 91.0 Å². The van der Waals surface area contributed by atoms with Gasteiger partial charge in [-0.3, -0.25) is 4.57 Å². The molecule has 1 aliphatic heterocycles. The van der Waals surface area contributed by atoms with E-state index >= 15 is 0 Å². The molecule has 5 rings (SSSR count). The highest BCUT2D eigenvalue weighted by molar-refractivity contribution is 7.69. The minimum Gasteiger partial charge on any atom is -0.497 e. The molecular weight excluding hydrogens is 393 g/mol. The van der Waals surface area contributed by atoms with Gasteiger partial charge in [-0.1, -0.05) is 54.6 Å². The van der Waals surface area contributed by atoms with E-state index < -0.39 is 12.6 Å². The van der Waals surface area contributed by atoms with Crippen LogP contribution in [0.2, 0.25) is 0 Å². The largest absolute Gasteiger partial charge is 0.497 e. The lowest BCUT2D eigenvalue weighted by Crippen LogP contribution is -2.33. The fourth-order valence-corrected chi connectivity index (χ4v) is 6.73. The number of benzene rings is 4. The average molecular weight is 415 g/mol. The number of anilines is 1. The molecule has 0 aromatic heterocycles. The molecule has 0 radical (unpaired) electrons. The maximum absolute atomic E-state index is 14.6. The molecule has 0 amide bonds. The normalized spacial score (nSPS) is 22.3. The summed E-state index contributed by atoms with van der Waals surface area (Å²) in [5, 5.41) is 5.32. The molecule has 4 nitrogen and oxygen atoms in total. The summed E-state index contributed by atoms with van der Waals surface area (Å²) in [6.07, 6.45) is 0. The van der Waals surface area contributed by atoms with Gasteiger partial charge in [-0.05, 0) is 48.7 Å². The van der Waals surface area contributed by atoms with E-state index in [2.05, 4.69) is 11.4 Å². The second kappa shape index (κ2) is 6.93. The summed E-state index contributed by atoms with van der Waals surface area (Å²) < 4.78 is 26.3. The fourth-order valence-electron chi connectivity index (χ4n) is 4.13. The minimum atomic E-state index is -3.36. The number of rotatable bonds is 4. The molecule has 1 aliphatic rings. The standard InChI is InChI=1S/C25H22NO3P/c1-25(26-19-13-15-20(28-2)16-14-19)23-17-12-18-8-6-7-11-22(18)24(23)29-30(25,27)21-9-4-3-5-10-21/h3-17,26H,1-2H3/t25-,30?/m0/s1. The van der Waals surface area contributed by atoms with E-state index in [1.807, 2.05) is 91.9 Å². The zero-order chi connectivity index (χ0) is 20.8. The number of ether oxygens (including phenoxy) is 1. The molecule has 1 heterocycles. The van der Waals surface area contributed by atoms with E-state index in [0.29, 0.717) is 11.1 Å². The van der Waals surface area contributed by atoms with Crippen molar-refractivity contribution in [2.75, 3.05) is 12.4 Å². The molecule has 150 valence electrons. The van der Waals surface area contributed by atoms with Crippen LogP contribution in [0.5, 0.6) is 11.5 Å². The van der Waals surface area contributed by atoms with E-state index in [1.165, 1.54) is 0 Å². The van der Waals surface area contributed by atoms with E-state index in [0.717, 1.165) is 27.8 Å². The van der Waals surface area contributed by atoms with Gasteiger partial charge < -0.3 is 14.6 Å². The Morgan fingerprint density at radius 3 is 2.30 bits per heavy atom. The molecule has 4 aromatic rings. The van der Waals surface area contributed by atoms with Crippen molar-refractivity contribution in [1.29, 1.82) is 0 Å². The van der Waals surface area contributed by atoms with E-state index in [1.54, 1.807) is 7.11 Å².